The third kappa shape index (κ3) is 4.35. The number of sulfonamides is 1. The molecule has 0 spiro atoms. The van der Waals surface area contributed by atoms with Crippen molar-refractivity contribution in [3.05, 3.63) is 52.5 Å². The Bertz CT molecular complexity index is 1180. The number of hydrogen-bond acceptors (Lipinski definition) is 5. The molecule has 0 bridgehead atoms. The van der Waals surface area contributed by atoms with Gasteiger partial charge in [-0.05, 0) is 62.1 Å². The van der Waals surface area contributed by atoms with E-state index in [-0.39, 0.29) is 16.8 Å². The maximum absolute atomic E-state index is 13.1. The van der Waals surface area contributed by atoms with E-state index in [1.807, 2.05) is 26.0 Å². The molecule has 9 heteroatoms. The second-order valence-electron chi connectivity index (χ2n) is 7.71. The molecular formula is C22H24ClN3O3S2. The molecule has 3 aromatic rings. The number of fused-ring (bicyclic) bond motifs is 1. The van der Waals surface area contributed by atoms with Crippen LogP contribution in [-0.2, 0) is 10.0 Å². The fourth-order valence-electron chi connectivity index (χ4n) is 3.94. The zero-order valence-corrected chi connectivity index (χ0v) is 19.8. The largest absolute Gasteiger partial charge is 0.298 e. The number of carbonyl (C=O) groups excluding carboxylic acids is 1. The Morgan fingerprint density at radius 2 is 1.97 bits per heavy atom. The molecule has 6 nitrogen and oxygen atoms in total. The van der Waals surface area contributed by atoms with Crippen molar-refractivity contribution in [1.82, 2.24) is 9.29 Å². The number of thiazole rings is 1. The molecule has 2 aromatic carbocycles. The number of benzene rings is 2. The van der Waals surface area contributed by atoms with E-state index in [4.69, 9.17) is 11.6 Å². The first-order chi connectivity index (χ1) is 14.8. The third-order valence-corrected chi connectivity index (χ3v) is 9.08. The predicted octanol–water partition coefficient (Wildman–Crippen LogP) is 5.46. The fourth-order valence-corrected chi connectivity index (χ4v) is 6.92. The smallest absolute Gasteiger partial charge is 0.257 e. The predicted molar refractivity (Wildman–Crippen MR) is 126 cm³/mol. The van der Waals surface area contributed by atoms with Crippen molar-refractivity contribution in [3.63, 3.8) is 0 Å². The molecule has 164 valence electrons. The number of carbonyl (C=O) groups is 1. The monoisotopic (exact) mass is 477 g/mol. The van der Waals surface area contributed by atoms with Crippen LogP contribution < -0.4 is 5.32 Å². The van der Waals surface area contributed by atoms with Crippen molar-refractivity contribution in [2.45, 2.75) is 50.5 Å². The quantitative estimate of drug-likeness (QED) is 0.528. The molecule has 1 amide bonds. The second-order valence-corrected chi connectivity index (χ2v) is 11.0. The molecule has 1 unspecified atom stereocenters. The molecule has 1 aromatic heterocycles. The van der Waals surface area contributed by atoms with E-state index in [1.54, 1.807) is 16.4 Å². The fraction of sp³-hybridized carbons (Fsp3) is 0.364. The lowest BCUT2D eigenvalue weighted by molar-refractivity contribution is 0.102. The van der Waals surface area contributed by atoms with Gasteiger partial charge in [-0.3, -0.25) is 10.1 Å². The maximum atomic E-state index is 13.1. The van der Waals surface area contributed by atoms with Crippen molar-refractivity contribution in [2.75, 3.05) is 11.9 Å². The minimum Gasteiger partial charge on any atom is -0.298 e. The summed E-state index contributed by atoms with van der Waals surface area (Å²) < 4.78 is 28.6. The van der Waals surface area contributed by atoms with E-state index >= 15 is 0 Å². The number of rotatable bonds is 5. The Kier molecular flexibility index (Phi) is 6.35. The summed E-state index contributed by atoms with van der Waals surface area (Å²) in [5.41, 5.74) is 2.11. The zero-order chi connectivity index (χ0) is 22.2. The molecule has 1 aliphatic rings. The lowest BCUT2D eigenvalue weighted by atomic mass is 10.0. The van der Waals surface area contributed by atoms with E-state index in [9.17, 15) is 13.2 Å². The lowest BCUT2D eigenvalue weighted by Gasteiger charge is -2.34. The Morgan fingerprint density at radius 3 is 2.65 bits per heavy atom. The highest BCUT2D eigenvalue weighted by atomic mass is 35.5. The number of anilines is 1. The average molecular weight is 478 g/mol. The van der Waals surface area contributed by atoms with E-state index in [1.165, 1.54) is 23.5 Å². The topological polar surface area (TPSA) is 79.4 Å². The summed E-state index contributed by atoms with van der Waals surface area (Å²) in [5.74, 6) is -0.346. The van der Waals surface area contributed by atoms with Crippen molar-refractivity contribution in [1.29, 1.82) is 0 Å². The van der Waals surface area contributed by atoms with Crippen molar-refractivity contribution in [2.24, 2.45) is 0 Å². The van der Waals surface area contributed by atoms with Crippen LogP contribution in [0.3, 0.4) is 0 Å². The van der Waals surface area contributed by atoms with E-state index < -0.39 is 10.0 Å². The number of amides is 1. The molecule has 0 saturated carbocycles. The molecule has 1 aliphatic heterocycles. The Hall–Kier alpha value is -2.00. The Balaban J connectivity index is 1.53. The van der Waals surface area contributed by atoms with Crippen molar-refractivity contribution < 1.29 is 13.2 Å². The zero-order valence-electron chi connectivity index (χ0n) is 17.4. The van der Waals surface area contributed by atoms with Gasteiger partial charge in [-0.1, -0.05) is 42.3 Å². The minimum absolute atomic E-state index is 0.0380. The molecular weight excluding hydrogens is 454 g/mol. The van der Waals surface area contributed by atoms with Crippen LogP contribution in [0, 0.1) is 6.92 Å². The van der Waals surface area contributed by atoms with Crippen LogP contribution in [-0.4, -0.2) is 36.2 Å². The van der Waals surface area contributed by atoms with Gasteiger partial charge in [0.1, 0.15) is 0 Å². The summed E-state index contributed by atoms with van der Waals surface area (Å²) in [7, 11) is -3.57. The van der Waals surface area contributed by atoms with Gasteiger partial charge in [0.05, 0.1) is 20.1 Å². The van der Waals surface area contributed by atoms with Crippen molar-refractivity contribution >= 4 is 54.2 Å². The highest BCUT2D eigenvalue weighted by Crippen LogP contribution is 2.34. The van der Waals surface area contributed by atoms with Gasteiger partial charge in [-0.2, -0.15) is 4.31 Å². The van der Waals surface area contributed by atoms with Gasteiger partial charge in [0.15, 0.2) is 5.13 Å². The summed E-state index contributed by atoms with van der Waals surface area (Å²) >= 11 is 7.55. The molecule has 1 fully saturated rings. The molecule has 2 heterocycles. The molecule has 1 N–H and O–H groups in total. The van der Waals surface area contributed by atoms with Gasteiger partial charge in [-0.15, -0.1) is 0 Å². The SMILES string of the molecule is CCC1CCCCN1S(=O)(=O)c1ccc(C(=O)Nc2nc3c(C)ccc(Cl)c3s2)cc1. The third-order valence-electron chi connectivity index (χ3n) is 5.69. The van der Waals surface area contributed by atoms with Crippen LogP contribution in [0.25, 0.3) is 10.2 Å². The van der Waals surface area contributed by atoms with Crippen LogP contribution in [0.5, 0.6) is 0 Å². The van der Waals surface area contributed by atoms with Gasteiger partial charge in [0, 0.05) is 18.2 Å². The number of piperidine rings is 1. The van der Waals surface area contributed by atoms with Gasteiger partial charge in [0.25, 0.3) is 5.91 Å². The summed E-state index contributed by atoms with van der Waals surface area (Å²) in [6, 6.07) is 9.83. The number of aromatic nitrogens is 1. The number of nitrogens with one attached hydrogen (secondary N) is 1. The molecule has 4 rings (SSSR count). The maximum Gasteiger partial charge on any atom is 0.257 e. The van der Waals surface area contributed by atoms with E-state index in [0.717, 1.165) is 41.5 Å². The Labute approximate surface area is 191 Å². The average Bonchev–Trinajstić information content (AvgIpc) is 3.21. The van der Waals surface area contributed by atoms with Gasteiger partial charge >= 0.3 is 0 Å². The summed E-state index contributed by atoms with van der Waals surface area (Å²) in [4.78, 5) is 17.4. The molecule has 1 atom stereocenters. The van der Waals surface area contributed by atoms with Gasteiger partial charge < -0.3 is 0 Å². The van der Waals surface area contributed by atoms with Crippen LogP contribution in [0.15, 0.2) is 41.3 Å². The number of hydrogen-bond donors (Lipinski definition) is 1. The van der Waals surface area contributed by atoms with Gasteiger partial charge in [0.2, 0.25) is 10.0 Å². The van der Waals surface area contributed by atoms with Crippen LogP contribution in [0.2, 0.25) is 5.02 Å². The number of aryl methyl sites for hydroxylation is 1. The second kappa shape index (κ2) is 8.86. The highest BCUT2D eigenvalue weighted by molar-refractivity contribution is 7.89. The molecule has 0 aliphatic carbocycles. The summed E-state index contributed by atoms with van der Waals surface area (Å²) in [6.45, 7) is 4.50. The normalized spacial score (nSPS) is 17.7. The van der Waals surface area contributed by atoms with E-state index in [0.29, 0.717) is 22.3 Å². The first-order valence-electron chi connectivity index (χ1n) is 10.3. The van der Waals surface area contributed by atoms with Crippen LogP contribution >= 0.6 is 22.9 Å². The minimum atomic E-state index is -3.57. The summed E-state index contributed by atoms with van der Waals surface area (Å²) in [6.07, 6.45) is 3.62. The number of nitrogens with zero attached hydrogens (tertiary/aromatic N) is 2. The van der Waals surface area contributed by atoms with Crippen molar-refractivity contribution in [3.8, 4) is 0 Å². The van der Waals surface area contributed by atoms with Gasteiger partial charge in [-0.25, -0.2) is 13.4 Å². The lowest BCUT2D eigenvalue weighted by Crippen LogP contribution is -2.43. The standard InChI is InChI=1S/C22H24ClN3O3S2/c1-3-16-6-4-5-13-26(16)31(28,29)17-10-8-15(9-11-17)21(27)25-22-24-19-14(2)7-12-18(23)20(19)30-22/h7-12,16H,3-6,13H2,1-2H3,(H,24,25,27). The van der Waals surface area contributed by atoms with Crippen LogP contribution in [0.4, 0.5) is 5.13 Å². The highest BCUT2D eigenvalue weighted by Gasteiger charge is 2.32. The van der Waals surface area contributed by atoms with E-state index in [2.05, 4.69) is 10.3 Å². The molecule has 31 heavy (non-hydrogen) atoms. The summed E-state index contributed by atoms with van der Waals surface area (Å²) in [5, 5.41) is 3.83. The number of halogens is 1. The first kappa shape index (κ1) is 22.2. The molecule has 1 saturated heterocycles. The Morgan fingerprint density at radius 1 is 1.23 bits per heavy atom. The first-order valence-corrected chi connectivity index (χ1v) is 12.9. The van der Waals surface area contributed by atoms with Crippen LogP contribution in [0.1, 0.15) is 48.5 Å². The molecule has 0 radical (unpaired) electrons.